The van der Waals surface area contributed by atoms with Crippen LogP contribution in [-0.2, 0) is 4.74 Å². The molecule has 1 aliphatic rings. The standard InChI is InChI=1S/C20H19N3O3/c24-18(21-13-17-7-4-12-25-17)14-8-10-16(11-9-14)20-23-22-19(26-20)15-5-2-1-3-6-15/h1-3,5-6,8-11,17H,4,7,12-13H2,(H,21,24). The number of nitrogens with one attached hydrogen (secondary N) is 1. The van der Waals surface area contributed by atoms with E-state index in [4.69, 9.17) is 9.15 Å². The third-order valence-corrected chi connectivity index (χ3v) is 4.35. The predicted octanol–water partition coefficient (Wildman–Crippen LogP) is 3.31. The quantitative estimate of drug-likeness (QED) is 0.765. The fraction of sp³-hybridized carbons (Fsp3) is 0.250. The minimum Gasteiger partial charge on any atom is -0.416 e. The summed E-state index contributed by atoms with van der Waals surface area (Å²) >= 11 is 0. The van der Waals surface area contributed by atoms with Gasteiger partial charge in [0.15, 0.2) is 0 Å². The number of nitrogens with zero attached hydrogens (tertiary/aromatic N) is 2. The zero-order chi connectivity index (χ0) is 17.8. The minimum absolute atomic E-state index is 0.109. The van der Waals surface area contributed by atoms with Gasteiger partial charge in [0.2, 0.25) is 11.8 Å². The summed E-state index contributed by atoms with van der Waals surface area (Å²) in [7, 11) is 0. The van der Waals surface area contributed by atoms with Crippen molar-refractivity contribution >= 4 is 5.91 Å². The van der Waals surface area contributed by atoms with Gasteiger partial charge < -0.3 is 14.5 Å². The van der Waals surface area contributed by atoms with Crippen LogP contribution in [0, 0.1) is 0 Å². The van der Waals surface area contributed by atoms with E-state index in [2.05, 4.69) is 15.5 Å². The number of amides is 1. The van der Waals surface area contributed by atoms with Crippen molar-refractivity contribution in [3.8, 4) is 22.9 Å². The maximum atomic E-state index is 12.2. The van der Waals surface area contributed by atoms with Crippen LogP contribution in [0.5, 0.6) is 0 Å². The van der Waals surface area contributed by atoms with Crippen LogP contribution in [0.3, 0.4) is 0 Å². The lowest BCUT2D eigenvalue weighted by Crippen LogP contribution is -2.31. The molecule has 1 atom stereocenters. The van der Waals surface area contributed by atoms with E-state index in [9.17, 15) is 4.79 Å². The molecule has 6 heteroatoms. The first-order valence-electron chi connectivity index (χ1n) is 8.69. The van der Waals surface area contributed by atoms with Crippen LogP contribution in [0.2, 0.25) is 0 Å². The van der Waals surface area contributed by atoms with Gasteiger partial charge in [0.05, 0.1) is 6.10 Å². The van der Waals surface area contributed by atoms with Crippen molar-refractivity contribution in [2.75, 3.05) is 13.2 Å². The largest absolute Gasteiger partial charge is 0.416 e. The highest BCUT2D eigenvalue weighted by Crippen LogP contribution is 2.23. The molecule has 3 aromatic rings. The van der Waals surface area contributed by atoms with E-state index in [0.29, 0.717) is 23.9 Å². The van der Waals surface area contributed by atoms with Crippen LogP contribution >= 0.6 is 0 Å². The Labute approximate surface area is 151 Å². The number of carbonyl (C=O) groups is 1. The van der Waals surface area contributed by atoms with Crippen LogP contribution in [0.1, 0.15) is 23.2 Å². The highest BCUT2D eigenvalue weighted by atomic mass is 16.5. The van der Waals surface area contributed by atoms with Gasteiger partial charge in [-0.3, -0.25) is 4.79 Å². The van der Waals surface area contributed by atoms with Gasteiger partial charge in [0.25, 0.3) is 5.91 Å². The first-order chi connectivity index (χ1) is 12.8. The molecule has 1 aliphatic heterocycles. The minimum atomic E-state index is -0.109. The number of rotatable bonds is 5. The molecule has 1 amide bonds. The second-order valence-electron chi connectivity index (χ2n) is 6.20. The summed E-state index contributed by atoms with van der Waals surface area (Å²) in [5.74, 6) is 0.789. The molecule has 0 spiro atoms. The normalized spacial score (nSPS) is 16.5. The van der Waals surface area contributed by atoms with Gasteiger partial charge in [-0.15, -0.1) is 10.2 Å². The Bertz CT molecular complexity index is 869. The summed E-state index contributed by atoms with van der Waals surface area (Å²) in [5, 5.41) is 11.1. The summed E-state index contributed by atoms with van der Waals surface area (Å²) in [6.45, 7) is 1.33. The van der Waals surface area contributed by atoms with E-state index in [1.165, 1.54) is 0 Å². The molecule has 1 unspecified atom stereocenters. The number of benzene rings is 2. The molecular formula is C20H19N3O3. The van der Waals surface area contributed by atoms with Crippen molar-refractivity contribution in [2.45, 2.75) is 18.9 Å². The number of carbonyl (C=O) groups excluding carboxylic acids is 1. The topological polar surface area (TPSA) is 77.2 Å². The van der Waals surface area contributed by atoms with Crippen molar-refractivity contribution in [3.05, 3.63) is 60.2 Å². The molecule has 0 aliphatic carbocycles. The zero-order valence-corrected chi connectivity index (χ0v) is 14.2. The number of aromatic nitrogens is 2. The van der Waals surface area contributed by atoms with E-state index in [1.54, 1.807) is 12.1 Å². The van der Waals surface area contributed by atoms with Gasteiger partial charge in [0.1, 0.15) is 0 Å². The number of hydrogen-bond acceptors (Lipinski definition) is 5. The molecule has 0 saturated carbocycles. The molecule has 0 bridgehead atoms. The van der Waals surface area contributed by atoms with Crippen LogP contribution in [0.25, 0.3) is 22.9 Å². The van der Waals surface area contributed by atoms with Crippen molar-refractivity contribution in [3.63, 3.8) is 0 Å². The molecule has 0 radical (unpaired) electrons. The Hall–Kier alpha value is -2.99. The Morgan fingerprint density at radius 3 is 2.35 bits per heavy atom. The van der Waals surface area contributed by atoms with Gasteiger partial charge in [0, 0.05) is 29.8 Å². The first kappa shape index (κ1) is 16.5. The molecule has 132 valence electrons. The summed E-state index contributed by atoms with van der Waals surface area (Å²) in [6, 6.07) is 16.7. The first-order valence-corrected chi connectivity index (χ1v) is 8.69. The molecule has 1 N–H and O–H groups in total. The van der Waals surface area contributed by atoms with Crippen LogP contribution in [0.15, 0.2) is 59.0 Å². The van der Waals surface area contributed by atoms with Gasteiger partial charge in [-0.25, -0.2) is 0 Å². The Kier molecular flexibility index (Phi) is 4.75. The molecule has 6 nitrogen and oxygen atoms in total. The van der Waals surface area contributed by atoms with Gasteiger partial charge >= 0.3 is 0 Å². The van der Waals surface area contributed by atoms with Crippen molar-refractivity contribution in [1.82, 2.24) is 15.5 Å². The lowest BCUT2D eigenvalue weighted by Gasteiger charge is -2.10. The third-order valence-electron chi connectivity index (χ3n) is 4.35. The molecule has 26 heavy (non-hydrogen) atoms. The second-order valence-corrected chi connectivity index (χ2v) is 6.20. The number of ether oxygens (including phenoxy) is 1. The Morgan fingerprint density at radius 2 is 1.69 bits per heavy atom. The molecular weight excluding hydrogens is 330 g/mol. The van der Waals surface area contributed by atoms with Crippen molar-refractivity contribution in [1.29, 1.82) is 0 Å². The van der Waals surface area contributed by atoms with E-state index in [-0.39, 0.29) is 12.0 Å². The van der Waals surface area contributed by atoms with E-state index in [0.717, 1.165) is 30.6 Å². The number of hydrogen-bond donors (Lipinski definition) is 1. The summed E-state index contributed by atoms with van der Waals surface area (Å²) in [6.07, 6.45) is 2.19. The zero-order valence-electron chi connectivity index (χ0n) is 14.2. The maximum Gasteiger partial charge on any atom is 0.251 e. The van der Waals surface area contributed by atoms with E-state index >= 15 is 0 Å². The summed E-state index contributed by atoms with van der Waals surface area (Å²) in [5.41, 5.74) is 2.24. The fourth-order valence-corrected chi connectivity index (χ4v) is 2.92. The summed E-state index contributed by atoms with van der Waals surface area (Å²) in [4.78, 5) is 12.2. The SMILES string of the molecule is O=C(NCC1CCCO1)c1ccc(-c2nnc(-c3ccccc3)o2)cc1. The molecule has 2 aromatic carbocycles. The highest BCUT2D eigenvalue weighted by molar-refractivity contribution is 5.94. The maximum absolute atomic E-state index is 12.2. The Balaban J connectivity index is 1.42. The lowest BCUT2D eigenvalue weighted by atomic mass is 10.1. The van der Waals surface area contributed by atoms with Gasteiger partial charge in [-0.2, -0.15) is 0 Å². The van der Waals surface area contributed by atoms with Crippen LogP contribution in [-0.4, -0.2) is 35.4 Å². The van der Waals surface area contributed by atoms with E-state index < -0.39 is 0 Å². The summed E-state index contributed by atoms with van der Waals surface area (Å²) < 4.78 is 11.2. The molecule has 2 heterocycles. The highest BCUT2D eigenvalue weighted by Gasteiger charge is 2.17. The third kappa shape index (κ3) is 3.65. The van der Waals surface area contributed by atoms with Crippen molar-refractivity contribution in [2.24, 2.45) is 0 Å². The predicted molar refractivity (Wildman–Crippen MR) is 96.5 cm³/mol. The van der Waals surface area contributed by atoms with Gasteiger partial charge in [-0.05, 0) is 49.2 Å². The Morgan fingerprint density at radius 1 is 1.00 bits per heavy atom. The molecule has 4 rings (SSSR count). The molecule has 1 saturated heterocycles. The van der Waals surface area contributed by atoms with Gasteiger partial charge in [-0.1, -0.05) is 18.2 Å². The molecule has 1 aromatic heterocycles. The average molecular weight is 349 g/mol. The monoisotopic (exact) mass is 349 g/mol. The lowest BCUT2D eigenvalue weighted by molar-refractivity contribution is 0.0858. The average Bonchev–Trinajstić information content (AvgIpc) is 3.39. The van der Waals surface area contributed by atoms with Crippen LogP contribution < -0.4 is 5.32 Å². The van der Waals surface area contributed by atoms with Crippen molar-refractivity contribution < 1.29 is 13.9 Å². The fourth-order valence-electron chi connectivity index (χ4n) is 2.92. The smallest absolute Gasteiger partial charge is 0.251 e. The van der Waals surface area contributed by atoms with Crippen LogP contribution in [0.4, 0.5) is 0 Å². The molecule has 1 fully saturated rings. The van der Waals surface area contributed by atoms with E-state index in [1.807, 2.05) is 42.5 Å². The second kappa shape index (κ2) is 7.49.